The topological polar surface area (TPSA) is 0 Å². The summed E-state index contributed by atoms with van der Waals surface area (Å²) in [6.45, 7) is 0. The van der Waals surface area contributed by atoms with Crippen molar-refractivity contribution in [1.29, 1.82) is 0 Å². The molecular formula is C19H20S2. The maximum atomic E-state index is 2.26. The van der Waals surface area contributed by atoms with Crippen LogP contribution in [0.5, 0.6) is 0 Å². The Kier molecular flexibility index (Phi) is 4.00. The largest absolute Gasteiger partial charge is 0.121 e. The molecule has 108 valence electrons. The molecule has 2 bridgehead atoms. The zero-order chi connectivity index (χ0) is 14.1. The van der Waals surface area contributed by atoms with Crippen molar-refractivity contribution >= 4 is 23.5 Å². The van der Waals surface area contributed by atoms with E-state index in [9.17, 15) is 0 Å². The summed E-state index contributed by atoms with van der Waals surface area (Å²) in [5.41, 5.74) is 0. The van der Waals surface area contributed by atoms with Crippen molar-refractivity contribution < 1.29 is 0 Å². The number of hydrogen-bond acceptors (Lipinski definition) is 2. The van der Waals surface area contributed by atoms with Crippen LogP contribution in [0.2, 0.25) is 0 Å². The van der Waals surface area contributed by atoms with Crippen molar-refractivity contribution in [2.45, 2.75) is 39.6 Å². The lowest BCUT2D eigenvalue weighted by molar-refractivity contribution is 0.504. The number of thioether (sulfide) groups is 2. The maximum absolute atomic E-state index is 2.26. The first-order chi connectivity index (χ1) is 10.4. The molecule has 2 aromatic carbocycles. The molecule has 2 saturated carbocycles. The van der Waals surface area contributed by atoms with Crippen LogP contribution in [0.25, 0.3) is 0 Å². The third kappa shape index (κ3) is 2.89. The molecule has 2 aliphatic rings. The SMILES string of the molecule is c1ccc(SC2C3CCC(C3)C2Sc2ccccc2)cc1. The van der Waals surface area contributed by atoms with E-state index in [0.29, 0.717) is 0 Å². The quantitative estimate of drug-likeness (QED) is 0.706. The fourth-order valence-electron chi connectivity index (χ4n) is 3.82. The van der Waals surface area contributed by atoms with Gasteiger partial charge >= 0.3 is 0 Å². The molecule has 2 fully saturated rings. The van der Waals surface area contributed by atoms with Crippen LogP contribution >= 0.6 is 23.5 Å². The lowest BCUT2D eigenvalue weighted by atomic mass is 10.00. The summed E-state index contributed by atoms with van der Waals surface area (Å²) in [7, 11) is 0. The van der Waals surface area contributed by atoms with Crippen LogP contribution in [0, 0.1) is 11.8 Å². The van der Waals surface area contributed by atoms with E-state index in [2.05, 4.69) is 84.2 Å². The minimum absolute atomic E-state index is 0.788. The normalized spacial score (nSPS) is 30.7. The Hall–Kier alpha value is -0.860. The molecule has 2 heteroatoms. The maximum Gasteiger partial charge on any atom is 0.0248 e. The Balaban J connectivity index is 1.53. The Morgan fingerprint density at radius 2 is 1.05 bits per heavy atom. The fourth-order valence-corrected chi connectivity index (χ4v) is 7.01. The first-order valence-corrected chi connectivity index (χ1v) is 9.59. The van der Waals surface area contributed by atoms with E-state index in [-0.39, 0.29) is 0 Å². The lowest BCUT2D eigenvalue weighted by Gasteiger charge is -2.30. The highest BCUT2D eigenvalue weighted by Crippen LogP contribution is 2.56. The number of fused-ring (bicyclic) bond motifs is 2. The van der Waals surface area contributed by atoms with Gasteiger partial charge in [-0.2, -0.15) is 0 Å². The summed E-state index contributed by atoms with van der Waals surface area (Å²) in [4.78, 5) is 2.88. The van der Waals surface area contributed by atoms with E-state index < -0.39 is 0 Å². The van der Waals surface area contributed by atoms with Gasteiger partial charge in [0.15, 0.2) is 0 Å². The Morgan fingerprint density at radius 1 is 0.619 bits per heavy atom. The summed E-state index contributed by atoms with van der Waals surface area (Å²) in [5.74, 6) is 1.86. The van der Waals surface area contributed by atoms with E-state index in [4.69, 9.17) is 0 Å². The average Bonchev–Trinajstić information content (AvgIpc) is 3.13. The van der Waals surface area contributed by atoms with Gasteiger partial charge in [0.1, 0.15) is 0 Å². The first-order valence-electron chi connectivity index (χ1n) is 7.83. The molecule has 4 rings (SSSR count). The standard InChI is InChI=1S/C19H20S2/c1-3-7-16(8-4-1)20-18-14-11-12-15(13-14)19(18)21-17-9-5-2-6-10-17/h1-10,14-15,18-19H,11-13H2. The van der Waals surface area contributed by atoms with Crippen LogP contribution in [0.4, 0.5) is 0 Å². The van der Waals surface area contributed by atoms with Crippen molar-refractivity contribution in [1.82, 2.24) is 0 Å². The minimum Gasteiger partial charge on any atom is -0.121 e. The zero-order valence-electron chi connectivity index (χ0n) is 12.0. The second kappa shape index (κ2) is 6.10. The van der Waals surface area contributed by atoms with Gasteiger partial charge in [-0.3, -0.25) is 0 Å². The molecule has 0 aromatic heterocycles. The molecule has 0 aliphatic heterocycles. The second-order valence-electron chi connectivity index (χ2n) is 6.12. The van der Waals surface area contributed by atoms with Crippen molar-refractivity contribution in [2.75, 3.05) is 0 Å². The molecule has 4 atom stereocenters. The molecule has 21 heavy (non-hydrogen) atoms. The van der Waals surface area contributed by atoms with Crippen molar-refractivity contribution in [3.8, 4) is 0 Å². The number of hydrogen-bond donors (Lipinski definition) is 0. The van der Waals surface area contributed by atoms with E-state index >= 15 is 0 Å². The van der Waals surface area contributed by atoms with Crippen LogP contribution < -0.4 is 0 Å². The van der Waals surface area contributed by atoms with E-state index in [0.717, 1.165) is 22.3 Å². The Bertz CT molecular complexity index is 528. The highest BCUT2D eigenvalue weighted by molar-refractivity contribution is 8.03. The van der Waals surface area contributed by atoms with Gasteiger partial charge in [-0.15, -0.1) is 23.5 Å². The molecule has 0 spiro atoms. The predicted octanol–water partition coefficient (Wildman–Crippen LogP) is 5.74. The van der Waals surface area contributed by atoms with Gasteiger partial charge in [-0.05, 0) is 55.4 Å². The first kappa shape index (κ1) is 13.8. The zero-order valence-corrected chi connectivity index (χ0v) is 13.7. The third-order valence-electron chi connectivity index (χ3n) is 4.80. The molecule has 0 radical (unpaired) electrons. The van der Waals surface area contributed by atoms with E-state index in [1.165, 1.54) is 29.1 Å². The average molecular weight is 313 g/mol. The Labute approximate surface area is 135 Å². The molecule has 4 unspecified atom stereocenters. The summed E-state index contributed by atoms with van der Waals surface area (Å²) in [5, 5.41) is 1.58. The van der Waals surface area contributed by atoms with Crippen LogP contribution in [-0.2, 0) is 0 Å². The summed E-state index contributed by atoms with van der Waals surface area (Å²) in [6.07, 6.45) is 4.34. The van der Waals surface area contributed by atoms with Gasteiger partial charge in [0.05, 0.1) is 0 Å². The molecule has 2 aliphatic carbocycles. The highest BCUT2D eigenvalue weighted by atomic mass is 32.2. The highest BCUT2D eigenvalue weighted by Gasteiger charge is 2.48. The summed E-state index contributed by atoms with van der Waals surface area (Å²) in [6, 6.07) is 21.9. The molecule has 0 saturated heterocycles. The predicted molar refractivity (Wildman–Crippen MR) is 93.0 cm³/mol. The second-order valence-corrected chi connectivity index (χ2v) is 8.63. The van der Waals surface area contributed by atoms with Crippen LogP contribution in [0.15, 0.2) is 70.5 Å². The minimum atomic E-state index is 0.788. The van der Waals surface area contributed by atoms with Gasteiger partial charge in [-0.1, -0.05) is 36.4 Å². The van der Waals surface area contributed by atoms with E-state index in [1.807, 2.05) is 0 Å². The molecular weight excluding hydrogens is 292 g/mol. The van der Waals surface area contributed by atoms with Crippen LogP contribution in [0.3, 0.4) is 0 Å². The van der Waals surface area contributed by atoms with Crippen molar-refractivity contribution in [3.63, 3.8) is 0 Å². The van der Waals surface area contributed by atoms with Gasteiger partial charge in [0, 0.05) is 20.3 Å². The van der Waals surface area contributed by atoms with Gasteiger partial charge < -0.3 is 0 Å². The van der Waals surface area contributed by atoms with E-state index in [1.54, 1.807) is 0 Å². The van der Waals surface area contributed by atoms with Crippen LogP contribution in [0.1, 0.15) is 19.3 Å². The third-order valence-corrected chi connectivity index (χ3v) is 7.96. The summed E-state index contributed by atoms with van der Waals surface area (Å²) >= 11 is 4.24. The molecule has 0 heterocycles. The fraction of sp³-hybridized carbons (Fsp3) is 0.368. The monoisotopic (exact) mass is 312 g/mol. The number of rotatable bonds is 4. The van der Waals surface area contributed by atoms with Crippen molar-refractivity contribution in [3.05, 3.63) is 60.7 Å². The molecule has 0 nitrogen and oxygen atoms in total. The Morgan fingerprint density at radius 3 is 1.48 bits per heavy atom. The van der Waals surface area contributed by atoms with Gasteiger partial charge in [0.2, 0.25) is 0 Å². The number of benzene rings is 2. The van der Waals surface area contributed by atoms with Crippen molar-refractivity contribution in [2.24, 2.45) is 11.8 Å². The smallest absolute Gasteiger partial charge is 0.0248 e. The van der Waals surface area contributed by atoms with Crippen LogP contribution in [-0.4, -0.2) is 10.5 Å². The van der Waals surface area contributed by atoms with Gasteiger partial charge in [0.25, 0.3) is 0 Å². The molecule has 0 amide bonds. The lowest BCUT2D eigenvalue weighted by Crippen LogP contribution is -2.27. The summed E-state index contributed by atoms with van der Waals surface area (Å²) < 4.78 is 0. The molecule has 0 N–H and O–H groups in total. The van der Waals surface area contributed by atoms with Gasteiger partial charge in [-0.25, -0.2) is 0 Å². The molecule has 2 aromatic rings.